The first-order valence-electron chi connectivity index (χ1n) is 25.5. The molecule has 14 atom stereocenters. The van der Waals surface area contributed by atoms with Gasteiger partial charge in [-0.05, 0) is 97.9 Å². The number of nitrogen functional groups attached to an aromatic ring is 1. The van der Waals surface area contributed by atoms with Gasteiger partial charge in [-0.1, -0.05) is 71.7 Å². The van der Waals surface area contributed by atoms with Crippen LogP contribution in [0.4, 0.5) is 5.82 Å². The minimum atomic E-state index is -5.25. The second-order valence-corrected chi connectivity index (χ2v) is 25.9. The van der Waals surface area contributed by atoms with Crippen LogP contribution in [-0.4, -0.2) is 124 Å². The van der Waals surface area contributed by atoms with E-state index in [-0.39, 0.29) is 58.8 Å². The Morgan fingerprint density at radius 3 is 2.49 bits per heavy atom. The maximum Gasteiger partial charge on any atom is 0.472 e. The van der Waals surface area contributed by atoms with Crippen molar-refractivity contribution in [3.8, 4) is 0 Å². The van der Waals surface area contributed by atoms with Crippen molar-refractivity contribution in [1.29, 1.82) is 0 Å². The van der Waals surface area contributed by atoms with Crippen LogP contribution in [0.15, 0.2) is 24.3 Å². The minimum absolute atomic E-state index is 0.00797. The lowest BCUT2D eigenvalue weighted by Crippen LogP contribution is -2.50. The summed E-state index contributed by atoms with van der Waals surface area (Å²) in [7, 11) is -10.3. The number of hydrogen-bond acceptors (Lipinski definition) is 17. The lowest BCUT2D eigenvalue weighted by molar-refractivity contribution is -0.137. The fourth-order valence-corrected chi connectivity index (χ4v) is 15.2. The van der Waals surface area contributed by atoms with Crippen LogP contribution in [0.3, 0.4) is 0 Å². The lowest BCUT2D eigenvalue weighted by atomic mass is 9.46. The predicted octanol–water partition coefficient (Wildman–Crippen LogP) is 5.14. The number of phosphoric acid groups is 2. The van der Waals surface area contributed by atoms with Crippen LogP contribution >= 0.6 is 27.4 Å². The van der Waals surface area contributed by atoms with Gasteiger partial charge in [0.2, 0.25) is 11.8 Å². The number of ether oxygens (including phenoxy) is 1. The van der Waals surface area contributed by atoms with Crippen LogP contribution in [-0.2, 0) is 46.6 Å². The Hall–Kier alpha value is -3.18. The van der Waals surface area contributed by atoms with Gasteiger partial charge in [0.25, 0.3) is 0 Å². The highest BCUT2D eigenvalue weighted by molar-refractivity contribution is 8.13. The molecule has 25 heteroatoms. The number of rotatable bonds is 23. The fourth-order valence-electron chi connectivity index (χ4n) is 12.9. The molecule has 4 aliphatic carbocycles. The van der Waals surface area contributed by atoms with Gasteiger partial charge in [0.15, 0.2) is 28.6 Å². The molecule has 1 saturated heterocycles. The number of aliphatic hydroxyl groups excluding tert-OH is 2. The summed E-state index contributed by atoms with van der Waals surface area (Å²) in [4.78, 5) is 92.2. The van der Waals surface area contributed by atoms with Gasteiger partial charge in [-0.25, -0.2) is 24.1 Å². The highest BCUT2D eigenvalue weighted by atomic mass is 32.2. The standard InChI is InChI=1S/C48H75N7O15P2S/c1-27(32-12-13-33-31-11-10-29-22-30(56)14-17-47(29,5)34(31)15-18-48(32,33)6)8-7-9-28(2)45(61)73-21-20-50-36(57)16-19-51-43(60)40(59)46(3,4)24-68-72(65,66)67-23-35-39(70-71(62,63)64)38(58)44(69-35)55-26-54-37-41(49)52-25-53-42(37)55/h22,25-28,31-35,38-40,44,58-59H,7-21,23-24H2,1-6H3,(H,50,57)(H,51,60)(H,65,66)(H2,49,52,53)(H2,62,63,64)/t27-,28+,31+,32-,33+,34+,35-,38-,39-,40+,44+,47+,48-/m1/s1. The summed E-state index contributed by atoms with van der Waals surface area (Å²) in [5.74, 6) is 2.81. The van der Waals surface area contributed by atoms with Crippen molar-refractivity contribution >= 4 is 67.1 Å². The molecule has 0 aromatic carbocycles. The minimum Gasteiger partial charge on any atom is -0.386 e. The average Bonchev–Trinajstić information content (AvgIpc) is 4.01. The first-order valence-corrected chi connectivity index (χ1v) is 29.5. The van der Waals surface area contributed by atoms with Crippen LogP contribution in [0.2, 0.25) is 0 Å². The molecule has 22 nitrogen and oxygen atoms in total. The van der Waals surface area contributed by atoms with Crippen molar-refractivity contribution in [3.63, 3.8) is 0 Å². The highest BCUT2D eigenvalue weighted by Gasteiger charge is 2.59. The third-order valence-electron chi connectivity index (χ3n) is 17.0. The van der Waals surface area contributed by atoms with E-state index in [0.717, 1.165) is 50.3 Å². The molecule has 0 bridgehead atoms. The number of aromatic nitrogens is 4. The van der Waals surface area contributed by atoms with E-state index in [2.05, 4.69) is 46.4 Å². The molecular weight excluding hydrogens is 1010 g/mol. The molecule has 1 aliphatic heterocycles. The van der Waals surface area contributed by atoms with Crippen LogP contribution in [0, 0.1) is 51.8 Å². The van der Waals surface area contributed by atoms with E-state index >= 15 is 0 Å². The van der Waals surface area contributed by atoms with Crippen LogP contribution in [0.25, 0.3) is 11.2 Å². The average molecular weight is 1080 g/mol. The predicted molar refractivity (Wildman–Crippen MR) is 269 cm³/mol. The highest BCUT2D eigenvalue weighted by Crippen LogP contribution is 2.67. The fraction of sp³-hybridized carbons (Fsp3) is 0.771. The first kappa shape index (κ1) is 57.5. The Labute approximate surface area is 430 Å². The summed E-state index contributed by atoms with van der Waals surface area (Å²) < 4.78 is 46.6. The van der Waals surface area contributed by atoms with Crippen molar-refractivity contribution in [2.75, 3.05) is 37.8 Å². The van der Waals surface area contributed by atoms with Gasteiger partial charge in [-0.2, -0.15) is 0 Å². The maximum absolute atomic E-state index is 13.0. The van der Waals surface area contributed by atoms with Gasteiger partial charge in [-0.3, -0.25) is 37.3 Å². The number of aliphatic hydroxyl groups is 2. The number of imidazole rings is 1. The smallest absolute Gasteiger partial charge is 0.386 e. The SMILES string of the molecule is C[C@H](CCC[C@H](C)C(=O)SCCNC(=O)CCNC(=O)[C@H](O)C(C)(C)COP(=O)(O)OC[C@H]1O[C@H](n2cnc3c(N)ncnc32)[C@H](O)[C@@H]1OP(=O)(O)O)[C@H]1CC[C@H]2[C@@H]3CCC4=CC(=O)CC[C@]4(C)[C@H]3CC[C@]12C. The number of ketones is 1. The molecule has 1 unspecified atom stereocenters. The Balaban J connectivity index is 0.762. The molecule has 2 amide bonds. The van der Waals surface area contributed by atoms with Gasteiger partial charge in [0, 0.05) is 43.0 Å². The van der Waals surface area contributed by atoms with Gasteiger partial charge in [0.05, 0.1) is 19.5 Å². The number of thioether (sulfide) groups is 1. The summed E-state index contributed by atoms with van der Waals surface area (Å²) in [6, 6.07) is 0. The molecule has 408 valence electrons. The number of fused-ring (bicyclic) bond motifs is 6. The van der Waals surface area contributed by atoms with E-state index in [9.17, 15) is 53.2 Å². The van der Waals surface area contributed by atoms with Crippen LogP contribution in [0.5, 0.6) is 0 Å². The molecule has 3 heterocycles. The quantitative estimate of drug-likeness (QED) is 0.0527. The number of carbonyl (C=O) groups excluding carboxylic acids is 4. The normalized spacial score (nSPS) is 31.4. The second kappa shape index (κ2) is 23.2. The number of nitrogens with one attached hydrogen (secondary N) is 2. The number of carbonyl (C=O) groups is 4. The summed E-state index contributed by atoms with van der Waals surface area (Å²) in [6.07, 6.45) is 7.86. The van der Waals surface area contributed by atoms with Gasteiger partial charge in [-0.15, -0.1) is 0 Å². The summed E-state index contributed by atoms with van der Waals surface area (Å²) in [5.41, 5.74) is 6.55. The van der Waals surface area contributed by atoms with Crippen molar-refractivity contribution < 1.29 is 71.5 Å². The number of hydrogen-bond donors (Lipinski definition) is 8. The van der Waals surface area contributed by atoms with E-state index in [1.54, 1.807) is 0 Å². The van der Waals surface area contributed by atoms with Gasteiger partial charge >= 0.3 is 15.6 Å². The molecule has 4 fully saturated rings. The number of allylic oxidation sites excluding steroid dienone is 1. The molecule has 7 rings (SSSR count). The molecule has 5 aliphatic rings. The zero-order chi connectivity index (χ0) is 53.3. The van der Waals surface area contributed by atoms with Gasteiger partial charge in [0.1, 0.15) is 36.3 Å². The van der Waals surface area contributed by atoms with E-state index in [1.165, 1.54) is 74.2 Å². The van der Waals surface area contributed by atoms with E-state index in [1.807, 2.05) is 13.0 Å². The molecule has 73 heavy (non-hydrogen) atoms. The number of nitrogens with two attached hydrogens (primary N) is 1. The molecule has 2 aromatic rings. The van der Waals surface area contributed by atoms with Crippen LogP contribution < -0.4 is 16.4 Å². The summed E-state index contributed by atoms with van der Waals surface area (Å²) in [6.45, 7) is 10.7. The molecular formula is C48H75N7O15P2S. The number of nitrogens with zero attached hydrogens (tertiary/aromatic N) is 4. The van der Waals surface area contributed by atoms with Crippen LogP contribution in [0.1, 0.15) is 125 Å². The molecule has 0 spiro atoms. The molecule has 2 aromatic heterocycles. The summed E-state index contributed by atoms with van der Waals surface area (Å²) in [5, 5.41) is 27.1. The van der Waals surface area contributed by atoms with Crippen molar-refractivity contribution in [1.82, 2.24) is 30.2 Å². The molecule has 3 saturated carbocycles. The summed E-state index contributed by atoms with van der Waals surface area (Å²) >= 11 is 1.20. The zero-order valence-corrected chi connectivity index (χ0v) is 45.2. The van der Waals surface area contributed by atoms with E-state index in [0.29, 0.717) is 41.1 Å². The topological polar surface area (TPSA) is 334 Å². The Morgan fingerprint density at radius 2 is 1.75 bits per heavy atom. The second-order valence-electron chi connectivity index (χ2n) is 22.2. The van der Waals surface area contributed by atoms with E-state index in [4.69, 9.17) is 24.0 Å². The monoisotopic (exact) mass is 1080 g/mol. The Kier molecular flexibility index (Phi) is 18.3. The third-order valence-corrected chi connectivity index (χ3v) is 19.5. The Morgan fingerprint density at radius 1 is 1.00 bits per heavy atom. The van der Waals surface area contributed by atoms with Crippen molar-refractivity contribution in [2.45, 2.75) is 149 Å². The van der Waals surface area contributed by atoms with Crippen molar-refractivity contribution in [2.24, 2.45) is 51.8 Å². The largest absolute Gasteiger partial charge is 0.472 e. The molecule has 9 N–H and O–H groups in total. The number of anilines is 1. The molecule has 0 radical (unpaired) electrons. The Bertz CT molecular complexity index is 2480. The third kappa shape index (κ3) is 13.2. The van der Waals surface area contributed by atoms with Crippen molar-refractivity contribution in [3.05, 3.63) is 24.3 Å². The zero-order valence-electron chi connectivity index (χ0n) is 42.6. The first-order chi connectivity index (χ1) is 34.2. The lowest BCUT2D eigenvalue weighted by Gasteiger charge is -2.58. The maximum atomic E-state index is 13.0. The number of phosphoric ester groups is 2. The number of amides is 2. The van der Waals surface area contributed by atoms with E-state index < -0.39 is 70.8 Å². The van der Waals surface area contributed by atoms with Gasteiger partial charge < -0.3 is 46.0 Å².